The van der Waals surface area contributed by atoms with Crippen molar-refractivity contribution < 1.29 is 14.3 Å². The van der Waals surface area contributed by atoms with Crippen LogP contribution in [0.5, 0.6) is 5.88 Å². The molecule has 0 atom stereocenters. The summed E-state index contributed by atoms with van der Waals surface area (Å²) in [5.74, 6) is -0.313. The Bertz CT molecular complexity index is 590. The van der Waals surface area contributed by atoms with Crippen LogP contribution in [0, 0.1) is 0 Å². The van der Waals surface area contributed by atoms with E-state index in [0.717, 1.165) is 10.0 Å². The van der Waals surface area contributed by atoms with E-state index in [-0.39, 0.29) is 11.4 Å². The molecule has 0 saturated heterocycles. The van der Waals surface area contributed by atoms with Crippen LogP contribution in [-0.4, -0.2) is 23.0 Å². The van der Waals surface area contributed by atoms with Crippen molar-refractivity contribution in [2.24, 2.45) is 0 Å². The van der Waals surface area contributed by atoms with E-state index in [1.807, 2.05) is 24.3 Å². The van der Waals surface area contributed by atoms with E-state index in [2.05, 4.69) is 30.6 Å². The fourth-order valence-electron chi connectivity index (χ4n) is 1.46. The monoisotopic (exact) mass is 322 g/mol. The lowest BCUT2D eigenvalue weighted by atomic mass is 10.2. The smallest absolute Gasteiger partial charge is 0.344 e. The van der Waals surface area contributed by atoms with Crippen molar-refractivity contribution >= 4 is 21.9 Å². The molecule has 2 rings (SSSR count). The number of carbonyl (C=O) groups is 1. The predicted octanol–water partition coefficient (Wildman–Crippen LogP) is 2.60. The Morgan fingerprint density at radius 2 is 2.26 bits per heavy atom. The molecule has 0 aliphatic heterocycles. The molecule has 0 amide bonds. The van der Waals surface area contributed by atoms with Crippen molar-refractivity contribution in [3.8, 4) is 5.88 Å². The van der Waals surface area contributed by atoms with Crippen LogP contribution in [0.25, 0.3) is 0 Å². The minimum absolute atomic E-state index is 0.208. The van der Waals surface area contributed by atoms with Gasteiger partial charge < -0.3 is 9.47 Å². The third-order valence-corrected chi connectivity index (χ3v) is 2.84. The summed E-state index contributed by atoms with van der Waals surface area (Å²) >= 11 is 3.38. The lowest BCUT2D eigenvalue weighted by Gasteiger charge is -2.08. The topological polar surface area (TPSA) is 61.3 Å². The Morgan fingerprint density at radius 3 is 3.00 bits per heavy atom. The van der Waals surface area contributed by atoms with E-state index in [1.165, 1.54) is 19.6 Å². The Kier molecular flexibility index (Phi) is 4.46. The van der Waals surface area contributed by atoms with Crippen molar-refractivity contribution in [1.29, 1.82) is 0 Å². The quantitative estimate of drug-likeness (QED) is 0.810. The molecule has 0 spiro atoms. The minimum Gasteiger partial charge on any atom is -0.472 e. The van der Waals surface area contributed by atoms with Gasteiger partial charge in [0.25, 0.3) is 0 Å². The maximum Gasteiger partial charge on any atom is 0.344 e. The van der Waals surface area contributed by atoms with Crippen LogP contribution in [0.2, 0.25) is 0 Å². The number of aromatic nitrogens is 2. The van der Waals surface area contributed by atoms with Gasteiger partial charge >= 0.3 is 5.97 Å². The lowest BCUT2D eigenvalue weighted by Crippen LogP contribution is -2.08. The van der Waals surface area contributed by atoms with Crippen molar-refractivity contribution in [1.82, 2.24) is 9.97 Å². The first-order valence-electron chi connectivity index (χ1n) is 5.46. The first-order chi connectivity index (χ1) is 9.20. The molecular weight excluding hydrogens is 312 g/mol. The zero-order valence-corrected chi connectivity index (χ0v) is 11.8. The van der Waals surface area contributed by atoms with Gasteiger partial charge in [-0.1, -0.05) is 28.1 Å². The second kappa shape index (κ2) is 6.29. The molecule has 0 aliphatic carbocycles. The first-order valence-corrected chi connectivity index (χ1v) is 6.25. The maximum absolute atomic E-state index is 11.5. The average Bonchev–Trinajstić information content (AvgIpc) is 2.45. The van der Waals surface area contributed by atoms with Gasteiger partial charge in [0, 0.05) is 10.7 Å². The molecule has 1 aromatic heterocycles. The van der Waals surface area contributed by atoms with Gasteiger partial charge in [0.05, 0.1) is 7.11 Å². The van der Waals surface area contributed by atoms with Crippen LogP contribution < -0.4 is 4.74 Å². The molecule has 0 bridgehead atoms. The highest BCUT2D eigenvalue weighted by molar-refractivity contribution is 9.10. The standard InChI is InChI=1S/C13H11BrN2O3/c1-18-13(17)11-6-15-8-16-12(11)19-7-9-3-2-4-10(14)5-9/h2-6,8H,7H2,1H3. The van der Waals surface area contributed by atoms with Crippen LogP contribution in [0.3, 0.4) is 0 Å². The second-order valence-corrected chi connectivity index (χ2v) is 4.57. The number of hydrogen-bond donors (Lipinski definition) is 0. The number of benzene rings is 1. The van der Waals surface area contributed by atoms with Gasteiger partial charge in [-0.25, -0.2) is 14.8 Å². The van der Waals surface area contributed by atoms with Crippen LogP contribution in [0.15, 0.2) is 41.3 Å². The van der Waals surface area contributed by atoms with E-state index in [0.29, 0.717) is 6.61 Å². The first kappa shape index (κ1) is 13.5. The van der Waals surface area contributed by atoms with Crippen molar-refractivity contribution in [3.63, 3.8) is 0 Å². The Hall–Kier alpha value is -1.95. The Morgan fingerprint density at radius 1 is 1.42 bits per heavy atom. The number of ether oxygens (including phenoxy) is 2. The van der Waals surface area contributed by atoms with Crippen LogP contribution >= 0.6 is 15.9 Å². The molecule has 0 aliphatic rings. The summed E-state index contributed by atoms with van der Waals surface area (Å²) in [7, 11) is 1.30. The maximum atomic E-state index is 11.5. The van der Waals surface area contributed by atoms with E-state index < -0.39 is 5.97 Å². The van der Waals surface area contributed by atoms with Gasteiger partial charge in [-0.05, 0) is 17.7 Å². The highest BCUT2D eigenvalue weighted by Crippen LogP contribution is 2.17. The molecule has 0 radical (unpaired) electrons. The van der Waals surface area contributed by atoms with Crippen LogP contribution in [-0.2, 0) is 11.3 Å². The lowest BCUT2D eigenvalue weighted by molar-refractivity contribution is 0.0593. The summed E-state index contributed by atoms with van der Waals surface area (Å²) in [5, 5.41) is 0. The average molecular weight is 323 g/mol. The third kappa shape index (κ3) is 3.51. The highest BCUT2D eigenvalue weighted by Gasteiger charge is 2.14. The van der Waals surface area contributed by atoms with Gasteiger partial charge in [0.1, 0.15) is 18.5 Å². The summed E-state index contributed by atoms with van der Waals surface area (Å²) in [5.41, 5.74) is 1.17. The highest BCUT2D eigenvalue weighted by atomic mass is 79.9. The van der Waals surface area contributed by atoms with Gasteiger partial charge in [0.2, 0.25) is 5.88 Å². The van der Waals surface area contributed by atoms with Crippen molar-refractivity contribution in [3.05, 3.63) is 52.4 Å². The largest absolute Gasteiger partial charge is 0.472 e. The van der Waals surface area contributed by atoms with Crippen molar-refractivity contribution in [2.45, 2.75) is 6.61 Å². The summed E-state index contributed by atoms with van der Waals surface area (Å²) in [4.78, 5) is 19.2. The molecule has 1 heterocycles. The predicted molar refractivity (Wildman–Crippen MR) is 71.8 cm³/mol. The number of methoxy groups -OCH3 is 1. The number of hydrogen-bond acceptors (Lipinski definition) is 5. The SMILES string of the molecule is COC(=O)c1cncnc1OCc1cccc(Br)c1. The molecule has 0 N–H and O–H groups in total. The molecule has 2 aromatic rings. The van der Waals surface area contributed by atoms with E-state index in [1.54, 1.807) is 0 Å². The van der Waals surface area contributed by atoms with E-state index >= 15 is 0 Å². The zero-order valence-electron chi connectivity index (χ0n) is 10.2. The number of rotatable bonds is 4. The molecule has 0 unspecified atom stereocenters. The number of esters is 1. The number of nitrogens with zero attached hydrogens (tertiary/aromatic N) is 2. The van der Waals surface area contributed by atoms with Crippen LogP contribution in [0.1, 0.15) is 15.9 Å². The van der Waals surface area contributed by atoms with Gasteiger partial charge in [-0.3, -0.25) is 0 Å². The van der Waals surface area contributed by atoms with Gasteiger partial charge in [0.15, 0.2) is 0 Å². The number of halogens is 1. The molecule has 6 heteroatoms. The molecule has 1 aromatic carbocycles. The van der Waals surface area contributed by atoms with Gasteiger partial charge in [-0.15, -0.1) is 0 Å². The Balaban J connectivity index is 2.13. The third-order valence-electron chi connectivity index (χ3n) is 2.35. The molecular formula is C13H11BrN2O3. The van der Waals surface area contributed by atoms with E-state index in [4.69, 9.17) is 4.74 Å². The van der Waals surface area contributed by atoms with Gasteiger partial charge in [-0.2, -0.15) is 0 Å². The fourth-order valence-corrected chi connectivity index (χ4v) is 1.91. The molecule has 0 saturated carbocycles. The summed E-state index contributed by atoms with van der Waals surface area (Å²) < 4.78 is 11.1. The molecule has 5 nitrogen and oxygen atoms in total. The fraction of sp³-hybridized carbons (Fsp3) is 0.154. The molecule has 98 valence electrons. The van der Waals surface area contributed by atoms with E-state index in [9.17, 15) is 4.79 Å². The molecule has 19 heavy (non-hydrogen) atoms. The zero-order chi connectivity index (χ0) is 13.7. The summed E-state index contributed by atoms with van der Waals surface area (Å²) in [6.07, 6.45) is 2.69. The molecule has 0 fully saturated rings. The van der Waals surface area contributed by atoms with Crippen molar-refractivity contribution in [2.75, 3.05) is 7.11 Å². The summed E-state index contributed by atoms with van der Waals surface area (Å²) in [6.45, 7) is 0.306. The van der Waals surface area contributed by atoms with Crippen LogP contribution in [0.4, 0.5) is 0 Å². The normalized spacial score (nSPS) is 10.0. The minimum atomic E-state index is -0.523. The Labute approximate surface area is 118 Å². The number of carbonyl (C=O) groups excluding carboxylic acids is 1. The summed E-state index contributed by atoms with van der Waals surface area (Å²) in [6, 6.07) is 7.68. The second-order valence-electron chi connectivity index (χ2n) is 3.65.